The zero-order valence-electron chi connectivity index (χ0n) is 14.0. The third-order valence-corrected chi connectivity index (χ3v) is 5.01. The van der Waals surface area contributed by atoms with Gasteiger partial charge in [0.15, 0.2) is 0 Å². The van der Waals surface area contributed by atoms with Crippen LogP contribution in [0.2, 0.25) is 0 Å². The summed E-state index contributed by atoms with van der Waals surface area (Å²) in [5, 5.41) is 0. The summed E-state index contributed by atoms with van der Waals surface area (Å²) in [4.78, 5) is 0. The summed E-state index contributed by atoms with van der Waals surface area (Å²) in [6.45, 7) is 0. The predicted octanol–water partition coefficient (Wildman–Crippen LogP) is 7.52. The van der Waals surface area contributed by atoms with Gasteiger partial charge in [0.05, 0.1) is 0 Å². The minimum Gasteiger partial charge on any atom is -0.0836 e. The van der Waals surface area contributed by atoms with Crippen LogP contribution in [0.15, 0.2) is 95.5 Å². The molecule has 0 spiro atoms. The van der Waals surface area contributed by atoms with Gasteiger partial charge in [-0.3, -0.25) is 0 Å². The third-order valence-electron chi connectivity index (χ3n) is 4.55. The Bertz CT molecular complexity index is 932. The number of halogens is 1. The van der Waals surface area contributed by atoms with Crippen molar-refractivity contribution in [1.29, 1.82) is 0 Å². The molecule has 3 aromatic rings. The molecular formula is C24H19Br. The van der Waals surface area contributed by atoms with E-state index in [1.165, 1.54) is 33.4 Å². The van der Waals surface area contributed by atoms with Gasteiger partial charge in [0.2, 0.25) is 0 Å². The minimum absolute atomic E-state index is 1.10. The normalized spacial score (nSPS) is 13.6. The molecule has 3 aromatic carbocycles. The van der Waals surface area contributed by atoms with E-state index in [1.807, 2.05) is 0 Å². The minimum atomic E-state index is 1.10. The van der Waals surface area contributed by atoms with Gasteiger partial charge in [0.1, 0.15) is 0 Å². The first kappa shape index (κ1) is 16.1. The van der Waals surface area contributed by atoms with Crippen LogP contribution in [0.5, 0.6) is 0 Å². The Hall–Kier alpha value is -2.38. The Labute approximate surface area is 157 Å². The number of rotatable bonds is 3. The lowest BCUT2D eigenvalue weighted by atomic mass is 9.95. The molecule has 0 aliphatic heterocycles. The lowest BCUT2D eigenvalue weighted by Crippen LogP contribution is -1.87. The predicted molar refractivity (Wildman–Crippen MR) is 111 cm³/mol. The van der Waals surface area contributed by atoms with Crippen molar-refractivity contribution < 1.29 is 0 Å². The van der Waals surface area contributed by atoms with E-state index in [0.29, 0.717) is 0 Å². The first-order chi connectivity index (χ1) is 12.3. The Balaban J connectivity index is 1.69. The summed E-state index contributed by atoms with van der Waals surface area (Å²) < 4.78 is 1.10. The van der Waals surface area contributed by atoms with Crippen molar-refractivity contribution >= 4 is 21.5 Å². The maximum atomic E-state index is 3.67. The van der Waals surface area contributed by atoms with Crippen molar-refractivity contribution in [2.75, 3.05) is 0 Å². The van der Waals surface area contributed by atoms with Gasteiger partial charge in [-0.1, -0.05) is 88.8 Å². The molecular weight excluding hydrogens is 368 g/mol. The summed E-state index contributed by atoms with van der Waals surface area (Å²) in [6.07, 6.45) is 9.10. The molecule has 1 aliphatic carbocycles. The Kier molecular flexibility index (Phi) is 4.67. The van der Waals surface area contributed by atoms with Crippen LogP contribution in [0.3, 0.4) is 0 Å². The fourth-order valence-corrected chi connectivity index (χ4v) is 3.73. The molecule has 0 aromatic heterocycles. The zero-order chi connectivity index (χ0) is 17.1. The van der Waals surface area contributed by atoms with Gasteiger partial charge in [0.25, 0.3) is 0 Å². The van der Waals surface area contributed by atoms with Crippen molar-refractivity contribution in [3.05, 3.63) is 101 Å². The number of allylic oxidation sites excluding steroid dienone is 4. The summed E-state index contributed by atoms with van der Waals surface area (Å²) in [5.41, 5.74) is 7.55. The average Bonchev–Trinajstić information content (AvgIpc) is 2.69. The van der Waals surface area contributed by atoms with Gasteiger partial charge in [-0.15, -0.1) is 0 Å². The number of hydrogen-bond donors (Lipinski definition) is 0. The van der Waals surface area contributed by atoms with Crippen LogP contribution in [0, 0.1) is 0 Å². The molecule has 0 unspecified atom stereocenters. The van der Waals surface area contributed by atoms with Crippen LogP contribution in [-0.2, 0) is 0 Å². The van der Waals surface area contributed by atoms with E-state index in [-0.39, 0.29) is 0 Å². The monoisotopic (exact) mass is 386 g/mol. The Morgan fingerprint density at radius 2 is 1.24 bits per heavy atom. The van der Waals surface area contributed by atoms with Crippen LogP contribution in [-0.4, -0.2) is 0 Å². The van der Waals surface area contributed by atoms with Crippen molar-refractivity contribution in [3.63, 3.8) is 0 Å². The smallest absolute Gasteiger partial charge is 0.0187 e. The Morgan fingerprint density at radius 3 is 1.88 bits per heavy atom. The number of hydrogen-bond acceptors (Lipinski definition) is 0. The van der Waals surface area contributed by atoms with Crippen LogP contribution >= 0.6 is 15.9 Å². The van der Waals surface area contributed by atoms with Gasteiger partial charge >= 0.3 is 0 Å². The first-order valence-corrected chi connectivity index (χ1v) is 9.42. The molecule has 25 heavy (non-hydrogen) atoms. The van der Waals surface area contributed by atoms with E-state index in [2.05, 4.69) is 107 Å². The molecule has 1 heteroatoms. The van der Waals surface area contributed by atoms with Crippen molar-refractivity contribution in [2.24, 2.45) is 0 Å². The van der Waals surface area contributed by atoms with E-state index in [1.54, 1.807) is 0 Å². The van der Waals surface area contributed by atoms with Crippen LogP contribution < -0.4 is 0 Å². The van der Waals surface area contributed by atoms with Crippen LogP contribution in [0.1, 0.15) is 18.4 Å². The second kappa shape index (κ2) is 7.25. The van der Waals surface area contributed by atoms with Crippen LogP contribution in [0.4, 0.5) is 0 Å². The topological polar surface area (TPSA) is 0 Å². The summed E-state index contributed by atoms with van der Waals surface area (Å²) >= 11 is 3.67. The van der Waals surface area contributed by atoms with Crippen molar-refractivity contribution in [2.45, 2.75) is 12.8 Å². The molecule has 0 nitrogen and oxygen atoms in total. The maximum Gasteiger partial charge on any atom is 0.0187 e. The first-order valence-electron chi connectivity index (χ1n) is 8.63. The molecule has 0 saturated heterocycles. The molecule has 1 aliphatic rings. The van der Waals surface area contributed by atoms with Gasteiger partial charge < -0.3 is 0 Å². The second-order valence-electron chi connectivity index (χ2n) is 6.31. The van der Waals surface area contributed by atoms with E-state index in [0.717, 1.165) is 17.3 Å². The fraction of sp³-hybridized carbons (Fsp3) is 0.0833. The summed E-state index contributed by atoms with van der Waals surface area (Å²) in [6, 6.07) is 26.0. The molecule has 0 saturated carbocycles. The van der Waals surface area contributed by atoms with E-state index in [9.17, 15) is 0 Å². The molecule has 0 radical (unpaired) electrons. The highest BCUT2D eigenvalue weighted by Crippen LogP contribution is 2.31. The standard InChI is InChI=1S/C24H19Br/c25-24-16-22(19-9-5-2-6-10-19)15-23(17-24)21-13-11-20(12-14-21)18-7-3-1-4-8-18/h2-3,5-17H,1,4H2. The highest BCUT2D eigenvalue weighted by molar-refractivity contribution is 9.10. The average molecular weight is 387 g/mol. The number of benzene rings is 3. The van der Waals surface area contributed by atoms with Crippen molar-refractivity contribution in [1.82, 2.24) is 0 Å². The van der Waals surface area contributed by atoms with E-state index < -0.39 is 0 Å². The Morgan fingerprint density at radius 1 is 0.600 bits per heavy atom. The zero-order valence-corrected chi connectivity index (χ0v) is 15.5. The van der Waals surface area contributed by atoms with Gasteiger partial charge in [-0.25, -0.2) is 0 Å². The highest BCUT2D eigenvalue weighted by Gasteiger charge is 2.06. The molecule has 0 atom stereocenters. The molecule has 0 fully saturated rings. The van der Waals surface area contributed by atoms with Crippen LogP contribution in [0.25, 0.3) is 27.8 Å². The quantitative estimate of drug-likeness (QED) is 0.436. The maximum absolute atomic E-state index is 3.67. The molecule has 0 heterocycles. The van der Waals surface area contributed by atoms with Crippen molar-refractivity contribution in [3.8, 4) is 22.3 Å². The summed E-state index contributed by atoms with van der Waals surface area (Å²) in [7, 11) is 0. The van der Waals surface area contributed by atoms with E-state index in [4.69, 9.17) is 0 Å². The largest absolute Gasteiger partial charge is 0.0836 e. The second-order valence-corrected chi connectivity index (χ2v) is 7.23. The molecule has 0 N–H and O–H groups in total. The SMILES string of the molecule is Brc1cc(-c2ccccc2)cc(-c2ccc(C3=CCCC=C3)cc2)c1. The van der Waals surface area contributed by atoms with Gasteiger partial charge in [0, 0.05) is 4.47 Å². The molecule has 0 bridgehead atoms. The molecule has 122 valence electrons. The van der Waals surface area contributed by atoms with Gasteiger partial charge in [-0.05, 0) is 64.4 Å². The van der Waals surface area contributed by atoms with Gasteiger partial charge in [-0.2, -0.15) is 0 Å². The lowest BCUT2D eigenvalue weighted by molar-refractivity contribution is 1.04. The highest BCUT2D eigenvalue weighted by atomic mass is 79.9. The fourth-order valence-electron chi connectivity index (χ4n) is 3.24. The molecule has 0 amide bonds. The molecule has 4 rings (SSSR count). The van der Waals surface area contributed by atoms with E-state index >= 15 is 0 Å². The third kappa shape index (κ3) is 3.67. The summed E-state index contributed by atoms with van der Waals surface area (Å²) in [5.74, 6) is 0. The lowest BCUT2D eigenvalue weighted by Gasteiger charge is -2.10.